The van der Waals surface area contributed by atoms with Crippen molar-refractivity contribution in [3.8, 4) is 5.75 Å². The lowest BCUT2D eigenvalue weighted by Crippen LogP contribution is -2.45. The van der Waals surface area contributed by atoms with Gasteiger partial charge < -0.3 is 19.7 Å². The maximum Gasteiger partial charge on any atom is 0.262 e. The molecule has 0 radical (unpaired) electrons. The topological polar surface area (TPSA) is 67.9 Å². The number of carbonyl (C=O) groups excluding carboxylic acids is 2. The second-order valence-electron chi connectivity index (χ2n) is 6.73. The van der Waals surface area contributed by atoms with Gasteiger partial charge in [0.25, 0.3) is 5.91 Å². The van der Waals surface area contributed by atoms with Gasteiger partial charge in [-0.1, -0.05) is 0 Å². The lowest BCUT2D eigenvalue weighted by atomic mass is 10.2. The molecule has 6 heteroatoms. The van der Waals surface area contributed by atoms with E-state index in [1.807, 2.05) is 24.3 Å². The Labute approximate surface area is 159 Å². The Morgan fingerprint density at radius 2 is 1.74 bits per heavy atom. The van der Waals surface area contributed by atoms with E-state index in [9.17, 15) is 9.59 Å². The number of anilines is 2. The summed E-state index contributed by atoms with van der Waals surface area (Å²) in [6.45, 7) is 5.76. The molecule has 1 aliphatic heterocycles. The molecule has 1 aliphatic rings. The van der Waals surface area contributed by atoms with Crippen molar-refractivity contribution in [2.75, 3.05) is 29.9 Å². The van der Waals surface area contributed by atoms with Crippen LogP contribution in [0.2, 0.25) is 0 Å². The van der Waals surface area contributed by atoms with Crippen LogP contribution in [0, 0.1) is 0 Å². The van der Waals surface area contributed by atoms with Crippen molar-refractivity contribution in [2.24, 2.45) is 0 Å². The molecule has 1 fully saturated rings. The zero-order valence-electron chi connectivity index (χ0n) is 15.6. The van der Waals surface area contributed by atoms with Crippen molar-refractivity contribution in [1.29, 1.82) is 0 Å². The minimum absolute atomic E-state index is 0.0965. The third-order valence-corrected chi connectivity index (χ3v) is 4.32. The highest BCUT2D eigenvalue weighted by atomic mass is 16.5. The molecule has 0 aliphatic carbocycles. The zero-order chi connectivity index (χ0) is 19.2. The van der Waals surface area contributed by atoms with Gasteiger partial charge in [0.15, 0.2) is 6.61 Å². The van der Waals surface area contributed by atoms with Gasteiger partial charge in [-0.25, -0.2) is 0 Å². The molecule has 1 N–H and O–H groups in total. The normalized spacial score (nSPS) is 19.4. The summed E-state index contributed by atoms with van der Waals surface area (Å²) in [4.78, 5) is 25.0. The standard InChI is InChI=1S/C21H24N2O4/c1-15-11-23(12-16(2)27-15)19-7-5-18(6-8-19)22-21(25)14-26-20-9-3-17(13-24)4-10-20/h3-10,13,15-16H,11-12,14H2,1-2H3,(H,22,25). The Balaban J connectivity index is 1.51. The van der Waals surface area contributed by atoms with Crippen LogP contribution in [0.1, 0.15) is 24.2 Å². The number of hydrogen-bond donors (Lipinski definition) is 1. The number of nitrogens with zero attached hydrogens (tertiary/aromatic N) is 1. The van der Waals surface area contributed by atoms with Crippen molar-refractivity contribution in [3.05, 3.63) is 54.1 Å². The summed E-state index contributed by atoms with van der Waals surface area (Å²) in [5.74, 6) is 0.303. The Hall–Kier alpha value is -2.86. The SMILES string of the molecule is CC1CN(c2ccc(NC(=O)COc3ccc(C=O)cc3)cc2)CC(C)O1. The van der Waals surface area contributed by atoms with Gasteiger partial charge in [-0.15, -0.1) is 0 Å². The highest BCUT2D eigenvalue weighted by Crippen LogP contribution is 2.22. The average Bonchev–Trinajstić information content (AvgIpc) is 2.66. The first-order valence-electron chi connectivity index (χ1n) is 9.02. The van der Waals surface area contributed by atoms with Crippen LogP contribution in [-0.4, -0.2) is 44.1 Å². The molecule has 2 aromatic rings. The molecule has 0 saturated carbocycles. The summed E-state index contributed by atoms with van der Waals surface area (Å²) in [7, 11) is 0. The minimum atomic E-state index is -0.240. The van der Waals surface area contributed by atoms with Gasteiger partial charge >= 0.3 is 0 Å². The molecule has 1 heterocycles. The van der Waals surface area contributed by atoms with Gasteiger partial charge in [-0.2, -0.15) is 0 Å². The minimum Gasteiger partial charge on any atom is -0.484 e. The largest absolute Gasteiger partial charge is 0.484 e. The molecule has 2 unspecified atom stereocenters. The van der Waals surface area contributed by atoms with Crippen LogP contribution < -0.4 is 15.0 Å². The number of morpholine rings is 1. The van der Waals surface area contributed by atoms with Gasteiger partial charge in [0.2, 0.25) is 0 Å². The Morgan fingerprint density at radius 3 is 2.33 bits per heavy atom. The Morgan fingerprint density at radius 1 is 1.11 bits per heavy atom. The van der Waals surface area contributed by atoms with Gasteiger partial charge in [0.1, 0.15) is 12.0 Å². The quantitative estimate of drug-likeness (QED) is 0.794. The van der Waals surface area contributed by atoms with Crippen LogP contribution >= 0.6 is 0 Å². The number of ether oxygens (including phenoxy) is 2. The van der Waals surface area contributed by atoms with E-state index in [0.29, 0.717) is 11.3 Å². The molecule has 0 bridgehead atoms. The molecule has 6 nitrogen and oxygen atoms in total. The van der Waals surface area contributed by atoms with Crippen molar-refractivity contribution >= 4 is 23.6 Å². The molecular weight excluding hydrogens is 344 g/mol. The van der Waals surface area contributed by atoms with Crippen LogP contribution in [0.25, 0.3) is 0 Å². The molecule has 142 valence electrons. The predicted molar refractivity (Wildman–Crippen MR) is 105 cm³/mol. The van der Waals surface area contributed by atoms with Crippen LogP contribution in [0.15, 0.2) is 48.5 Å². The Bertz CT molecular complexity index is 764. The number of amides is 1. The number of aldehydes is 1. The molecule has 0 aromatic heterocycles. The first-order chi connectivity index (χ1) is 13.0. The van der Waals surface area contributed by atoms with E-state index in [0.717, 1.165) is 30.8 Å². The number of benzene rings is 2. The maximum atomic E-state index is 12.1. The van der Waals surface area contributed by atoms with Crippen LogP contribution in [-0.2, 0) is 9.53 Å². The average molecular weight is 368 g/mol. The second-order valence-corrected chi connectivity index (χ2v) is 6.73. The molecule has 2 atom stereocenters. The fourth-order valence-corrected chi connectivity index (χ4v) is 3.13. The highest BCUT2D eigenvalue weighted by Gasteiger charge is 2.22. The van der Waals surface area contributed by atoms with Gasteiger partial charge in [0, 0.05) is 30.0 Å². The highest BCUT2D eigenvalue weighted by molar-refractivity contribution is 5.92. The fraction of sp³-hybridized carbons (Fsp3) is 0.333. The number of nitrogens with one attached hydrogen (secondary N) is 1. The summed E-state index contributed by atoms with van der Waals surface area (Å²) in [6, 6.07) is 14.4. The first-order valence-corrected chi connectivity index (χ1v) is 9.02. The lowest BCUT2D eigenvalue weighted by molar-refractivity contribution is -0.118. The molecule has 1 amide bonds. The summed E-state index contributed by atoms with van der Waals surface area (Å²) < 4.78 is 11.2. The molecule has 3 rings (SSSR count). The van der Waals surface area contributed by atoms with Gasteiger partial charge in [-0.05, 0) is 62.4 Å². The smallest absolute Gasteiger partial charge is 0.262 e. The van der Waals surface area contributed by atoms with Crippen molar-refractivity contribution < 1.29 is 19.1 Å². The van der Waals surface area contributed by atoms with E-state index >= 15 is 0 Å². The zero-order valence-corrected chi connectivity index (χ0v) is 15.6. The molecule has 2 aromatic carbocycles. The summed E-state index contributed by atoms with van der Waals surface area (Å²) in [5.41, 5.74) is 2.40. The maximum absolute atomic E-state index is 12.1. The van der Waals surface area contributed by atoms with Crippen LogP contribution in [0.4, 0.5) is 11.4 Å². The third kappa shape index (κ3) is 5.31. The van der Waals surface area contributed by atoms with E-state index in [1.165, 1.54) is 0 Å². The predicted octanol–water partition coefficient (Wildman–Crippen LogP) is 3.13. The number of rotatable bonds is 6. The van der Waals surface area contributed by atoms with E-state index in [2.05, 4.69) is 24.1 Å². The van der Waals surface area contributed by atoms with E-state index in [1.54, 1.807) is 24.3 Å². The van der Waals surface area contributed by atoms with E-state index in [4.69, 9.17) is 9.47 Å². The number of hydrogen-bond acceptors (Lipinski definition) is 5. The molecular formula is C21H24N2O4. The van der Waals surface area contributed by atoms with Crippen molar-refractivity contribution in [3.63, 3.8) is 0 Å². The summed E-state index contributed by atoms with van der Waals surface area (Å²) >= 11 is 0. The van der Waals surface area contributed by atoms with Gasteiger partial charge in [0.05, 0.1) is 12.2 Å². The lowest BCUT2D eigenvalue weighted by Gasteiger charge is -2.36. The fourth-order valence-electron chi connectivity index (χ4n) is 3.13. The summed E-state index contributed by atoms with van der Waals surface area (Å²) in [5, 5.41) is 2.82. The second kappa shape index (κ2) is 8.68. The van der Waals surface area contributed by atoms with E-state index < -0.39 is 0 Å². The third-order valence-electron chi connectivity index (χ3n) is 4.32. The van der Waals surface area contributed by atoms with Crippen LogP contribution in [0.5, 0.6) is 5.75 Å². The monoisotopic (exact) mass is 368 g/mol. The van der Waals surface area contributed by atoms with E-state index in [-0.39, 0.29) is 24.7 Å². The Kier molecular flexibility index (Phi) is 6.08. The number of carbonyl (C=O) groups is 2. The summed E-state index contributed by atoms with van der Waals surface area (Å²) in [6.07, 6.45) is 1.16. The molecule has 27 heavy (non-hydrogen) atoms. The van der Waals surface area contributed by atoms with Gasteiger partial charge in [-0.3, -0.25) is 9.59 Å². The first kappa shape index (κ1) is 18.9. The molecule has 1 saturated heterocycles. The van der Waals surface area contributed by atoms with Crippen LogP contribution in [0.3, 0.4) is 0 Å². The molecule has 0 spiro atoms. The van der Waals surface area contributed by atoms with Crippen molar-refractivity contribution in [1.82, 2.24) is 0 Å². The van der Waals surface area contributed by atoms with Crippen molar-refractivity contribution in [2.45, 2.75) is 26.1 Å².